The lowest BCUT2D eigenvalue weighted by Gasteiger charge is -2.08. The number of rotatable bonds is 5. The molecule has 1 aromatic heterocycles. The lowest BCUT2D eigenvalue weighted by atomic mass is 10.2. The summed E-state index contributed by atoms with van der Waals surface area (Å²) in [6.45, 7) is 0.586. The number of nitrogens with two attached hydrogens (primary N) is 1. The van der Waals surface area contributed by atoms with Gasteiger partial charge in [-0.25, -0.2) is 0 Å². The van der Waals surface area contributed by atoms with E-state index >= 15 is 0 Å². The molecule has 1 heterocycles. The van der Waals surface area contributed by atoms with E-state index in [0.29, 0.717) is 28.2 Å². The zero-order chi connectivity index (χ0) is 14.8. The number of halogens is 1. The molecule has 0 atom stereocenters. The fraction of sp³-hybridized carbons (Fsp3) is 0.286. The Morgan fingerprint density at radius 1 is 1.38 bits per heavy atom. The summed E-state index contributed by atoms with van der Waals surface area (Å²) in [7, 11) is 0. The van der Waals surface area contributed by atoms with Gasteiger partial charge in [0.1, 0.15) is 10.6 Å². The first kappa shape index (κ1) is 14.2. The molecule has 3 rings (SSSR count). The van der Waals surface area contributed by atoms with E-state index in [1.807, 2.05) is 24.3 Å². The van der Waals surface area contributed by atoms with Gasteiger partial charge in [0, 0.05) is 17.6 Å². The van der Waals surface area contributed by atoms with Crippen LogP contribution in [0, 0.1) is 0 Å². The molecule has 7 heteroatoms. The number of anilines is 2. The third-order valence-corrected chi connectivity index (χ3v) is 4.30. The summed E-state index contributed by atoms with van der Waals surface area (Å²) in [6.07, 6.45) is 2.08. The highest BCUT2D eigenvalue weighted by Crippen LogP contribution is 2.29. The van der Waals surface area contributed by atoms with Gasteiger partial charge in [-0.15, -0.1) is 0 Å². The Labute approximate surface area is 131 Å². The number of hydrogen-bond acceptors (Lipinski definition) is 5. The Balaban J connectivity index is 1.70. The van der Waals surface area contributed by atoms with Gasteiger partial charge in [0.2, 0.25) is 0 Å². The summed E-state index contributed by atoms with van der Waals surface area (Å²) >= 11 is 7.06. The number of hydrogen-bond donors (Lipinski definition) is 3. The quantitative estimate of drug-likeness (QED) is 0.790. The third-order valence-electron chi connectivity index (χ3n) is 3.22. The van der Waals surface area contributed by atoms with Crippen LogP contribution in [0.15, 0.2) is 24.3 Å². The van der Waals surface area contributed by atoms with Crippen LogP contribution in [0.1, 0.15) is 28.8 Å². The van der Waals surface area contributed by atoms with Gasteiger partial charge in [0.05, 0.1) is 0 Å². The molecule has 21 heavy (non-hydrogen) atoms. The lowest BCUT2D eigenvalue weighted by molar-refractivity contribution is 0.0953. The van der Waals surface area contributed by atoms with Crippen LogP contribution < -0.4 is 16.4 Å². The van der Waals surface area contributed by atoms with Crippen LogP contribution in [0.5, 0.6) is 0 Å². The molecule has 110 valence electrons. The summed E-state index contributed by atoms with van der Waals surface area (Å²) in [4.78, 5) is 12.2. The Morgan fingerprint density at radius 2 is 2.10 bits per heavy atom. The summed E-state index contributed by atoms with van der Waals surface area (Å²) < 4.78 is 4.07. The third kappa shape index (κ3) is 3.46. The number of benzene rings is 1. The molecular formula is C14H15ClN4OS. The second kappa shape index (κ2) is 5.91. The van der Waals surface area contributed by atoms with Crippen LogP contribution in [0.4, 0.5) is 10.8 Å². The molecule has 0 unspecified atom stereocenters. The molecule has 4 N–H and O–H groups in total. The van der Waals surface area contributed by atoms with Crippen molar-refractivity contribution < 1.29 is 4.79 Å². The fourth-order valence-electron chi connectivity index (χ4n) is 1.91. The van der Waals surface area contributed by atoms with Gasteiger partial charge in [0.15, 0.2) is 5.82 Å². The Kier molecular flexibility index (Phi) is 3.98. The highest BCUT2D eigenvalue weighted by molar-refractivity contribution is 7.11. The molecule has 1 aliphatic carbocycles. The normalized spacial score (nSPS) is 14.0. The van der Waals surface area contributed by atoms with Crippen LogP contribution in [0.2, 0.25) is 5.02 Å². The van der Waals surface area contributed by atoms with E-state index in [0.717, 1.165) is 18.4 Å². The number of carbonyl (C=O) groups is 1. The molecule has 0 spiro atoms. The van der Waals surface area contributed by atoms with Gasteiger partial charge in [-0.1, -0.05) is 23.7 Å². The van der Waals surface area contributed by atoms with Crippen molar-refractivity contribution in [3.05, 3.63) is 40.4 Å². The van der Waals surface area contributed by atoms with Crippen molar-refractivity contribution in [2.45, 2.75) is 25.4 Å². The minimum Gasteiger partial charge on any atom is -0.382 e. The fourth-order valence-corrected chi connectivity index (χ4v) is 2.74. The maximum atomic E-state index is 12.2. The molecule has 1 saturated carbocycles. The molecule has 5 nitrogen and oxygen atoms in total. The first-order valence-electron chi connectivity index (χ1n) is 6.68. The van der Waals surface area contributed by atoms with E-state index in [1.165, 1.54) is 11.5 Å². The van der Waals surface area contributed by atoms with E-state index in [-0.39, 0.29) is 11.7 Å². The average Bonchev–Trinajstić information content (AvgIpc) is 3.19. The highest BCUT2D eigenvalue weighted by atomic mass is 35.5. The standard InChI is InChI=1S/C14H15ClN4OS/c15-9-3-1-8(2-4-9)7-17-14-11(12(16)19-21-14)13(20)18-10-5-6-10/h1-4,10,17H,5-7H2,(H2,16,19)(H,18,20). The van der Waals surface area contributed by atoms with Crippen molar-refractivity contribution in [2.75, 3.05) is 11.1 Å². The van der Waals surface area contributed by atoms with Crippen LogP contribution in [0.25, 0.3) is 0 Å². The number of amides is 1. The van der Waals surface area contributed by atoms with Crippen molar-refractivity contribution in [1.29, 1.82) is 0 Å². The van der Waals surface area contributed by atoms with Gasteiger partial charge in [-0.3, -0.25) is 4.79 Å². The van der Waals surface area contributed by atoms with Crippen LogP contribution in [0.3, 0.4) is 0 Å². The minimum absolute atomic E-state index is 0.151. The molecule has 0 saturated heterocycles. The average molecular weight is 323 g/mol. The van der Waals surface area contributed by atoms with Gasteiger partial charge >= 0.3 is 0 Å². The minimum atomic E-state index is -0.151. The maximum absolute atomic E-state index is 12.2. The molecule has 2 aromatic rings. The van der Waals surface area contributed by atoms with Gasteiger partial charge < -0.3 is 16.4 Å². The van der Waals surface area contributed by atoms with Crippen LogP contribution in [-0.2, 0) is 6.54 Å². The Morgan fingerprint density at radius 3 is 2.76 bits per heavy atom. The molecule has 1 aliphatic rings. The topological polar surface area (TPSA) is 80.0 Å². The molecule has 0 radical (unpaired) electrons. The molecule has 1 fully saturated rings. The number of nitrogen functional groups attached to an aromatic ring is 1. The number of aromatic nitrogens is 1. The van der Waals surface area contributed by atoms with Crippen molar-refractivity contribution in [1.82, 2.24) is 9.69 Å². The van der Waals surface area contributed by atoms with Crippen LogP contribution >= 0.6 is 23.1 Å². The summed E-state index contributed by atoms with van der Waals surface area (Å²) in [5.74, 6) is 0.124. The summed E-state index contributed by atoms with van der Waals surface area (Å²) in [5, 5.41) is 7.54. The summed E-state index contributed by atoms with van der Waals surface area (Å²) in [6, 6.07) is 7.83. The molecule has 1 aromatic carbocycles. The van der Waals surface area contributed by atoms with Gasteiger partial charge in [-0.05, 0) is 42.1 Å². The van der Waals surface area contributed by atoms with E-state index in [2.05, 4.69) is 15.0 Å². The molecular weight excluding hydrogens is 308 g/mol. The van der Waals surface area contributed by atoms with E-state index in [1.54, 1.807) is 0 Å². The largest absolute Gasteiger partial charge is 0.382 e. The molecule has 0 bridgehead atoms. The predicted molar refractivity (Wildman–Crippen MR) is 85.8 cm³/mol. The van der Waals surface area contributed by atoms with E-state index in [9.17, 15) is 4.79 Å². The second-order valence-corrected chi connectivity index (χ2v) is 6.21. The van der Waals surface area contributed by atoms with Crippen molar-refractivity contribution in [3.63, 3.8) is 0 Å². The predicted octanol–water partition coefficient (Wildman–Crippen LogP) is 2.88. The lowest BCUT2D eigenvalue weighted by Crippen LogP contribution is -2.26. The SMILES string of the molecule is Nc1nsc(NCc2ccc(Cl)cc2)c1C(=O)NC1CC1. The Hall–Kier alpha value is -1.79. The molecule has 1 amide bonds. The summed E-state index contributed by atoms with van der Waals surface area (Å²) in [5.41, 5.74) is 7.32. The number of nitrogens with one attached hydrogen (secondary N) is 2. The smallest absolute Gasteiger partial charge is 0.258 e. The first-order valence-corrected chi connectivity index (χ1v) is 7.83. The number of carbonyl (C=O) groups excluding carboxylic acids is 1. The van der Waals surface area contributed by atoms with E-state index < -0.39 is 0 Å². The molecule has 0 aliphatic heterocycles. The highest BCUT2D eigenvalue weighted by Gasteiger charge is 2.27. The maximum Gasteiger partial charge on any atom is 0.258 e. The van der Waals surface area contributed by atoms with Crippen molar-refractivity contribution in [3.8, 4) is 0 Å². The first-order chi connectivity index (χ1) is 10.1. The Bertz CT molecular complexity index is 651. The zero-order valence-electron chi connectivity index (χ0n) is 11.2. The zero-order valence-corrected chi connectivity index (χ0v) is 12.8. The van der Waals surface area contributed by atoms with Gasteiger partial charge in [0.25, 0.3) is 5.91 Å². The monoisotopic (exact) mass is 322 g/mol. The van der Waals surface area contributed by atoms with E-state index in [4.69, 9.17) is 17.3 Å². The van der Waals surface area contributed by atoms with Crippen molar-refractivity contribution in [2.24, 2.45) is 0 Å². The number of nitrogens with zero attached hydrogens (tertiary/aromatic N) is 1. The van der Waals surface area contributed by atoms with Crippen molar-refractivity contribution >= 4 is 39.9 Å². The second-order valence-electron chi connectivity index (χ2n) is 5.00. The van der Waals surface area contributed by atoms with Crippen LogP contribution in [-0.4, -0.2) is 16.3 Å². The van der Waals surface area contributed by atoms with Gasteiger partial charge in [-0.2, -0.15) is 4.37 Å².